The maximum atomic E-state index is 11.7. The third-order valence-electron chi connectivity index (χ3n) is 2.90. The van der Waals surface area contributed by atoms with E-state index in [1.807, 2.05) is 0 Å². The molecule has 2 N–H and O–H groups in total. The first kappa shape index (κ1) is 13.0. The van der Waals surface area contributed by atoms with E-state index in [0.717, 1.165) is 23.3 Å². The normalized spacial score (nSPS) is 20.2. The van der Waals surface area contributed by atoms with Crippen molar-refractivity contribution < 1.29 is 4.79 Å². The van der Waals surface area contributed by atoms with Crippen molar-refractivity contribution in [3.8, 4) is 0 Å². The molecule has 6 heteroatoms. The Morgan fingerprint density at radius 3 is 3.24 bits per heavy atom. The van der Waals surface area contributed by atoms with E-state index in [1.165, 1.54) is 24.2 Å². The minimum absolute atomic E-state index is 0.0671. The second-order valence-corrected chi connectivity index (χ2v) is 6.68. The lowest BCUT2D eigenvalue weighted by Crippen LogP contribution is -2.30. The summed E-state index contributed by atoms with van der Waals surface area (Å²) in [4.78, 5) is 15.8. The molecule has 1 aliphatic heterocycles. The van der Waals surface area contributed by atoms with Gasteiger partial charge in [-0.1, -0.05) is 11.3 Å². The maximum absolute atomic E-state index is 11.7. The average Bonchev–Trinajstić information content (AvgIpc) is 2.73. The number of nitrogens with one attached hydrogen (secondary N) is 2. The third-order valence-corrected chi connectivity index (χ3v) is 4.29. The van der Waals surface area contributed by atoms with Gasteiger partial charge >= 0.3 is 0 Å². The molecule has 1 unspecified atom stereocenters. The molecule has 1 fully saturated rings. The minimum atomic E-state index is 0.0671. The SMILES string of the molecule is O=C(CCC1CCCNC1)Nc1ncc(Br)s1. The van der Waals surface area contributed by atoms with Crippen LogP contribution in [0.4, 0.5) is 5.13 Å². The Morgan fingerprint density at radius 1 is 1.71 bits per heavy atom. The van der Waals surface area contributed by atoms with E-state index in [4.69, 9.17) is 0 Å². The van der Waals surface area contributed by atoms with Crippen molar-refractivity contribution in [1.29, 1.82) is 0 Å². The fourth-order valence-electron chi connectivity index (χ4n) is 2.00. The topological polar surface area (TPSA) is 54.0 Å². The van der Waals surface area contributed by atoms with Crippen LogP contribution in [0.2, 0.25) is 0 Å². The summed E-state index contributed by atoms with van der Waals surface area (Å²) in [5.41, 5.74) is 0. The summed E-state index contributed by atoms with van der Waals surface area (Å²) >= 11 is 4.76. The number of anilines is 1. The van der Waals surface area contributed by atoms with Crippen molar-refractivity contribution in [2.24, 2.45) is 5.92 Å². The van der Waals surface area contributed by atoms with E-state index in [1.54, 1.807) is 6.20 Å². The van der Waals surface area contributed by atoms with Crippen LogP contribution in [0.5, 0.6) is 0 Å². The Hall–Kier alpha value is -0.460. The Morgan fingerprint density at radius 2 is 2.59 bits per heavy atom. The number of rotatable bonds is 4. The summed E-state index contributed by atoms with van der Waals surface area (Å²) < 4.78 is 0.935. The highest BCUT2D eigenvalue weighted by atomic mass is 79.9. The number of halogens is 1. The van der Waals surface area contributed by atoms with Crippen molar-refractivity contribution in [1.82, 2.24) is 10.3 Å². The molecule has 1 atom stereocenters. The van der Waals surface area contributed by atoms with Crippen molar-refractivity contribution in [3.63, 3.8) is 0 Å². The van der Waals surface area contributed by atoms with Crippen LogP contribution < -0.4 is 10.6 Å². The number of nitrogens with zero attached hydrogens (tertiary/aromatic N) is 1. The third kappa shape index (κ3) is 4.37. The standard InChI is InChI=1S/C11H16BrN3OS/c12-9-7-14-11(17-9)15-10(16)4-3-8-2-1-5-13-6-8/h7-8,13H,1-6H2,(H,14,15,16). The number of thiazole rings is 1. The zero-order valence-corrected chi connectivity index (χ0v) is 11.9. The van der Waals surface area contributed by atoms with Gasteiger partial charge in [0, 0.05) is 6.42 Å². The first-order valence-electron chi connectivity index (χ1n) is 5.86. The van der Waals surface area contributed by atoms with E-state index >= 15 is 0 Å². The van der Waals surface area contributed by atoms with Gasteiger partial charge < -0.3 is 10.6 Å². The van der Waals surface area contributed by atoms with E-state index in [2.05, 4.69) is 31.5 Å². The number of amides is 1. The summed E-state index contributed by atoms with van der Waals surface area (Å²) in [5.74, 6) is 0.718. The Balaban J connectivity index is 1.70. The molecule has 0 spiro atoms. The molecule has 0 aromatic carbocycles. The molecule has 0 radical (unpaired) electrons. The molecule has 0 bridgehead atoms. The molecule has 1 amide bonds. The summed E-state index contributed by atoms with van der Waals surface area (Å²) in [6.07, 6.45) is 5.72. The van der Waals surface area contributed by atoms with Gasteiger partial charge in [-0.15, -0.1) is 0 Å². The molecular formula is C11H16BrN3OS. The van der Waals surface area contributed by atoms with Crippen LogP contribution in [0.3, 0.4) is 0 Å². The molecule has 0 saturated carbocycles. The quantitative estimate of drug-likeness (QED) is 0.897. The second kappa shape index (κ2) is 6.47. The maximum Gasteiger partial charge on any atom is 0.226 e. The van der Waals surface area contributed by atoms with Gasteiger partial charge in [-0.3, -0.25) is 4.79 Å². The Bertz CT molecular complexity index is 377. The molecule has 94 valence electrons. The van der Waals surface area contributed by atoms with Gasteiger partial charge in [0.25, 0.3) is 0 Å². The van der Waals surface area contributed by atoms with Crippen molar-refractivity contribution >= 4 is 38.3 Å². The number of carbonyl (C=O) groups is 1. The van der Waals surface area contributed by atoms with Crippen LogP contribution in [-0.2, 0) is 4.79 Å². The Labute approximate surface area is 113 Å². The lowest BCUT2D eigenvalue weighted by atomic mass is 9.94. The van der Waals surface area contributed by atoms with Crippen LogP contribution in [0.15, 0.2) is 9.98 Å². The van der Waals surface area contributed by atoms with Gasteiger partial charge in [-0.2, -0.15) is 0 Å². The van der Waals surface area contributed by atoms with Gasteiger partial charge in [0.1, 0.15) is 0 Å². The van der Waals surface area contributed by atoms with Crippen molar-refractivity contribution in [2.45, 2.75) is 25.7 Å². The number of piperidine rings is 1. The van der Waals surface area contributed by atoms with Crippen molar-refractivity contribution in [3.05, 3.63) is 9.98 Å². The summed E-state index contributed by atoms with van der Waals surface area (Å²) in [5, 5.41) is 6.85. The molecule has 1 aromatic rings. The van der Waals surface area contributed by atoms with Gasteiger partial charge in [-0.05, 0) is 54.2 Å². The summed E-state index contributed by atoms with van der Waals surface area (Å²) in [6.45, 7) is 2.17. The zero-order valence-electron chi connectivity index (χ0n) is 9.54. The molecule has 1 aromatic heterocycles. The van der Waals surface area contributed by atoms with Crippen LogP contribution in [-0.4, -0.2) is 24.0 Å². The zero-order chi connectivity index (χ0) is 12.1. The van der Waals surface area contributed by atoms with Gasteiger partial charge in [0.2, 0.25) is 5.91 Å². The van der Waals surface area contributed by atoms with Crippen LogP contribution in [0.1, 0.15) is 25.7 Å². The number of aromatic nitrogens is 1. The van der Waals surface area contributed by atoms with Crippen LogP contribution >= 0.6 is 27.3 Å². The highest BCUT2D eigenvalue weighted by Gasteiger charge is 2.14. The molecule has 2 rings (SSSR count). The lowest BCUT2D eigenvalue weighted by Gasteiger charge is -2.22. The van der Waals surface area contributed by atoms with E-state index in [0.29, 0.717) is 17.5 Å². The number of carbonyl (C=O) groups excluding carboxylic acids is 1. The minimum Gasteiger partial charge on any atom is -0.316 e. The van der Waals surface area contributed by atoms with Gasteiger partial charge in [0.05, 0.1) is 9.98 Å². The fourth-order valence-corrected chi connectivity index (χ4v) is 3.12. The number of hydrogen-bond acceptors (Lipinski definition) is 4. The molecule has 2 heterocycles. The van der Waals surface area contributed by atoms with Crippen molar-refractivity contribution in [2.75, 3.05) is 18.4 Å². The highest BCUT2D eigenvalue weighted by Crippen LogP contribution is 2.23. The average molecular weight is 318 g/mol. The van der Waals surface area contributed by atoms with E-state index in [-0.39, 0.29) is 5.91 Å². The number of hydrogen-bond donors (Lipinski definition) is 2. The lowest BCUT2D eigenvalue weighted by molar-refractivity contribution is -0.116. The first-order chi connectivity index (χ1) is 8.24. The molecular weight excluding hydrogens is 302 g/mol. The summed E-state index contributed by atoms with van der Waals surface area (Å²) in [7, 11) is 0. The van der Waals surface area contributed by atoms with E-state index < -0.39 is 0 Å². The molecule has 1 saturated heterocycles. The summed E-state index contributed by atoms with van der Waals surface area (Å²) in [6, 6.07) is 0. The van der Waals surface area contributed by atoms with Crippen LogP contribution in [0.25, 0.3) is 0 Å². The molecule has 4 nitrogen and oxygen atoms in total. The van der Waals surface area contributed by atoms with Gasteiger partial charge in [0.15, 0.2) is 5.13 Å². The van der Waals surface area contributed by atoms with Crippen LogP contribution in [0, 0.1) is 5.92 Å². The predicted molar refractivity (Wildman–Crippen MR) is 73.3 cm³/mol. The van der Waals surface area contributed by atoms with E-state index in [9.17, 15) is 4.79 Å². The smallest absolute Gasteiger partial charge is 0.226 e. The predicted octanol–water partition coefficient (Wildman–Crippen LogP) is 2.62. The highest BCUT2D eigenvalue weighted by molar-refractivity contribution is 9.11. The monoisotopic (exact) mass is 317 g/mol. The van der Waals surface area contributed by atoms with Gasteiger partial charge in [-0.25, -0.2) is 4.98 Å². The molecule has 1 aliphatic rings. The second-order valence-electron chi connectivity index (χ2n) is 4.27. The Kier molecular flexibility index (Phi) is 4.94. The molecule has 17 heavy (non-hydrogen) atoms. The largest absolute Gasteiger partial charge is 0.316 e. The first-order valence-corrected chi connectivity index (χ1v) is 7.47. The molecule has 0 aliphatic carbocycles. The fraction of sp³-hybridized carbons (Fsp3) is 0.636.